The van der Waals surface area contributed by atoms with Crippen LogP contribution in [0.2, 0.25) is 4.34 Å². The molecule has 1 aromatic rings. The van der Waals surface area contributed by atoms with E-state index in [2.05, 4.69) is 21.7 Å². The van der Waals surface area contributed by atoms with Gasteiger partial charge >= 0.3 is 0 Å². The van der Waals surface area contributed by atoms with E-state index in [4.69, 9.17) is 11.6 Å². The number of halogens is 1. The third kappa shape index (κ3) is 2.44. The first-order valence-electron chi connectivity index (χ1n) is 4.53. The Morgan fingerprint density at radius 2 is 2.23 bits per heavy atom. The SMILES string of the molecule is Clc1ccc[s+]1CN1CCNCC1. The van der Waals surface area contributed by atoms with E-state index in [1.807, 2.05) is 6.07 Å². The van der Waals surface area contributed by atoms with Crippen molar-refractivity contribution in [2.45, 2.75) is 5.88 Å². The van der Waals surface area contributed by atoms with Crippen molar-refractivity contribution in [1.82, 2.24) is 10.2 Å². The Kier molecular flexibility index (Phi) is 3.22. The minimum absolute atomic E-state index is 0.175. The van der Waals surface area contributed by atoms with E-state index in [0.717, 1.165) is 36.4 Å². The Hall–Kier alpha value is -0.0900. The zero-order valence-corrected chi connectivity index (χ0v) is 9.07. The number of thiophene rings is 1. The van der Waals surface area contributed by atoms with Crippen LogP contribution in [0.3, 0.4) is 0 Å². The lowest BCUT2D eigenvalue weighted by molar-refractivity contribution is 0.254. The summed E-state index contributed by atoms with van der Waals surface area (Å²) < 4.78 is 1.01. The van der Waals surface area contributed by atoms with Crippen molar-refractivity contribution in [3.05, 3.63) is 21.8 Å². The van der Waals surface area contributed by atoms with Crippen molar-refractivity contribution < 1.29 is 0 Å². The van der Waals surface area contributed by atoms with Crippen LogP contribution >= 0.6 is 22.1 Å². The highest BCUT2D eigenvalue weighted by Crippen LogP contribution is 2.31. The highest BCUT2D eigenvalue weighted by molar-refractivity contribution is 7.32. The van der Waals surface area contributed by atoms with Crippen molar-refractivity contribution in [3.63, 3.8) is 0 Å². The minimum Gasteiger partial charge on any atom is -0.314 e. The van der Waals surface area contributed by atoms with Gasteiger partial charge in [-0.3, -0.25) is 4.90 Å². The number of nitrogens with one attached hydrogen (secondary N) is 1. The molecule has 13 heavy (non-hydrogen) atoms. The second kappa shape index (κ2) is 4.42. The topological polar surface area (TPSA) is 15.3 Å². The number of hydrogen-bond donors (Lipinski definition) is 1. The summed E-state index contributed by atoms with van der Waals surface area (Å²) in [4.78, 5) is 2.48. The molecule has 2 rings (SSSR count). The number of piperazine rings is 1. The van der Waals surface area contributed by atoms with Crippen LogP contribution in [-0.2, 0) is 5.88 Å². The lowest BCUT2D eigenvalue weighted by Crippen LogP contribution is -2.42. The summed E-state index contributed by atoms with van der Waals surface area (Å²) in [6.45, 7) is 4.54. The quantitative estimate of drug-likeness (QED) is 0.762. The molecule has 1 fully saturated rings. The fraction of sp³-hybridized carbons (Fsp3) is 0.556. The minimum atomic E-state index is 0.175. The van der Waals surface area contributed by atoms with Crippen LogP contribution in [0.25, 0.3) is 0 Å². The van der Waals surface area contributed by atoms with Gasteiger partial charge in [0.2, 0.25) is 4.34 Å². The van der Waals surface area contributed by atoms with E-state index in [-0.39, 0.29) is 10.5 Å². The predicted molar refractivity (Wildman–Crippen MR) is 58.4 cm³/mol. The maximum Gasteiger partial charge on any atom is 0.242 e. The van der Waals surface area contributed by atoms with Gasteiger partial charge in [0.15, 0.2) is 5.88 Å². The van der Waals surface area contributed by atoms with Gasteiger partial charge in [-0.2, -0.15) is 0 Å². The van der Waals surface area contributed by atoms with Gasteiger partial charge in [-0.1, -0.05) is 0 Å². The molecule has 0 saturated carbocycles. The van der Waals surface area contributed by atoms with Gasteiger partial charge in [0.1, 0.15) is 5.38 Å². The summed E-state index contributed by atoms with van der Waals surface area (Å²) in [7, 11) is 0.175. The molecule has 0 aromatic carbocycles. The number of rotatable bonds is 2. The third-order valence-electron chi connectivity index (χ3n) is 2.25. The van der Waals surface area contributed by atoms with Gasteiger partial charge in [0, 0.05) is 42.7 Å². The second-order valence-corrected chi connectivity index (χ2v) is 5.68. The smallest absolute Gasteiger partial charge is 0.242 e. The monoisotopic (exact) mass is 217 g/mol. The normalized spacial score (nSPS) is 20.5. The molecule has 1 aliphatic heterocycles. The van der Waals surface area contributed by atoms with Gasteiger partial charge in [-0.05, 0) is 17.7 Å². The standard InChI is InChI=1S/C9H14ClN2S/c10-9-2-1-7-13(9)8-12-5-3-11-4-6-12/h1-2,7,11H,3-6,8H2/q+1. The summed E-state index contributed by atoms with van der Waals surface area (Å²) >= 11 is 6.07. The molecular weight excluding hydrogens is 204 g/mol. The summed E-state index contributed by atoms with van der Waals surface area (Å²) in [5.41, 5.74) is 0. The average Bonchev–Trinajstić information content (AvgIpc) is 2.54. The molecule has 1 aromatic heterocycles. The van der Waals surface area contributed by atoms with Crippen LogP contribution in [0.4, 0.5) is 0 Å². The Balaban J connectivity index is 1.93. The van der Waals surface area contributed by atoms with Crippen LogP contribution in [0.1, 0.15) is 0 Å². The first-order chi connectivity index (χ1) is 6.36. The zero-order valence-electron chi connectivity index (χ0n) is 7.50. The molecule has 0 bridgehead atoms. The number of hydrogen-bond acceptors (Lipinski definition) is 2. The van der Waals surface area contributed by atoms with E-state index in [9.17, 15) is 0 Å². The molecule has 72 valence electrons. The highest BCUT2D eigenvalue weighted by Gasteiger charge is 2.17. The molecule has 0 amide bonds. The molecular formula is C9H14ClN2S+. The second-order valence-electron chi connectivity index (χ2n) is 3.23. The van der Waals surface area contributed by atoms with E-state index in [1.54, 1.807) is 0 Å². The van der Waals surface area contributed by atoms with Crippen LogP contribution in [0, 0.1) is 0 Å². The predicted octanol–water partition coefficient (Wildman–Crippen LogP) is 1.95. The number of nitrogens with zero attached hydrogens (tertiary/aromatic N) is 1. The molecule has 1 unspecified atom stereocenters. The average molecular weight is 218 g/mol. The van der Waals surface area contributed by atoms with Crippen molar-refractivity contribution >= 4 is 22.1 Å². The van der Waals surface area contributed by atoms with Gasteiger partial charge in [-0.25, -0.2) is 0 Å². The fourth-order valence-corrected chi connectivity index (χ4v) is 3.39. The molecule has 1 saturated heterocycles. The van der Waals surface area contributed by atoms with Gasteiger partial charge < -0.3 is 5.32 Å². The molecule has 1 atom stereocenters. The molecule has 0 radical (unpaired) electrons. The summed E-state index contributed by atoms with van der Waals surface area (Å²) in [5, 5.41) is 5.56. The molecule has 2 nitrogen and oxygen atoms in total. The molecule has 1 aliphatic rings. The maximum atomic E-state index is 6.07. The molecule has 1 N–H and O–H groups in total. The molecule has 0 aliphatic carbocycles. The molecule has 4 heteroatoms. The van der Waals surface area contributed by atoms with E-state index >= 15 is 0 Å². The zero-order chi connectivity index (χ0) is 9.10. The molecule has 2 heterocycles. The van der Waals surface area contributed by atoms with E-state index in [1.165, 1.54) is 0 Å². The van der Waals surface area contributed by atoms with Crippen LogP contribution < -0.4 is 5.32 Å². The van der Waals surface area contributed by atoms with Crippen LogP contribution in [0.5, 0.6) is 0 Å². The lowest BCUT2D eigenvalue weighted by atomic mass is 10.4. The van der Waals surface area contributed by atoms with Gasteiger partial charge in [0.05, 0.1) is 0 Å². The van der Waals surface area contributed by atoms with Crippen molar-refractivity contribution in [2.24, 2.45) is 0 Å². The molecule has 0 spiro atoms. The van der Waals surface area contributed by atoms with Crippen molar-refractivity contribution in [3.8, 4) is 0 Å². The fourth-order valence-electron chi connectivity index (χ4n) is 1.50. The van der Waals surface area contributed by atoms with Gasteiger partial charge in [0.25, 0.3) is 0 Å². The first kappa shape index (κ1) is 9.46. The Labute approximate surface area is 86.5 Å². The van der Waals surface area contributed by atoms with E-state index in [0.29, 0.717) is 0 Å². The summed E-state index contributed by atoms with van der Waals surface area (Å²) in [6.07, 6.45) is 0. The van der Waals surface area contributed by atoms with Gasteiger partial charge in [-0.15, -0.1) is 0 Å². The van der Waals surface area contributed by atoms with Crippen LogP contribution in [-0.4, -0.2) is 31.1 Å². The summed E-state index contributed by atoms with van der Waals surface area (Å²) in [5.74, 6) is 1.10. The lowest BCUT2D eigenvalue weighted by Gasteiger charge is -2.23. The maximum absolute atomic E-state index is 6.07. The highest BCUT2D eigenvalue weighted by atomic mass is 35.5. The summed E-state index contributed by atoms with van der Waals surface area (Å²) in [6, 6.07) is 4.07. The Bertz CT molecular complexity index is 268. The largest absolute Gasteiger partial charge is 0.314 e. The first-order valence-corrected chi connectivity index (χ1v) is 6.36. The van der Waals surface area contributed by atoms with E-state index < -0.39 is 0 Å². The van der Waals surface area contributed by atoms with Crippen molar-refractivity contribution in [1.29, 1.82) is 0 Å². The Morgan fingerprint density at radius 1 is 1.46 bits per heavy atom. The third-order valence-corrected chi connectivity index (χ3v) is 4.74. The van der Waals surface area contributed by atoms with Crippen LogP contribution in [0.15, 0.2) is 17.5 Å². The van der Waals surface area contributed by atoms with Crippen molar-refractivity contribution in [2.75, 3.05) is 26.2 Å². The Morgan fingerprint density at radius 3 is 2.85 bits per heavy atom.